The van der Waals surface area contributed by atoms with E-state index in [2.05, 4.69) is 4.74 Å². The predicted molar refractivity (Wildman–Crippen MR) is 109 cm³/mol. The molecule has 1 aliphatic carbocycles. The smallest absolute Gasteiger partial charge is 0.387 e. The maximum Gasteiger partial charge on any atom is 0.387 e. The van der Waals surface area contributed by atoms with E-state index in [4.69, 9.17) is 9.72 Å². The Hall–Kier alpha value is -3.48. The summed E-state index contributed by atoms with van der Waals surface area (Å²) in [5.74, 6) is -0.823. The molecule has 0 radical (unpaired) electrons. The van der Waals surface area contributed by atoms with Gasteiger partial charge < -0.3 is 14.6 Å². The van der Waals surface area contributed by atoms with Crippen molar-refractivity contribution in [1.82, 2.24) is 4.98 Å². The molecule has 154 valence electrons. The lowest BCUT2D eigenvalue weighted by atomic mass is 9.86. The van der Waals surface area contributed by atoms with E-state index in [9.17, 15) is 18.7 Å². The SMILES string of the molecule is COc1cc(C=C2CCCc3c2nc2ccccc2c3C(=O)O)ccc1OC(F)F. The Morgan fingerprint density at radius 2 is 1.97 bits per heavy atom. The van der Waals surface area contributed by atoms with E-state index in [0.717, 1.165) is 29.5 Å². The minimum atomic E-state index is -2.94. The average molecular weight is 411 g/mol. The molecule has 7 heteroatoms. The lowest BCUT2D eigenvalue weighted by Crippen LogP contribution is -2.13. The van der Waals surface area contributed by atoms with Crippen LogP contribution in [-0.4, -0.2) is 29.8 Å². The minimum absolute atomic E-state index is 0.0454. The summed E-state index contributed by atoms with van der Waals surface area (Å²) in [5, 5.41) is 10.5. The molecule has 0 amide bonds. The van der Waals surface area contributed by atoms with Gasteiger partial charge in [0.05, 0.1) is 23.9 Å². The number of hydrogen-bond donors (Lipinski definition) is 1. The van der Waals surface area contributed by atoms with Gasteiger partial charge in [0.2, 0.25) is 0 Å². The molecule has 0 aliphatic heterocycles. The molecule has 0 fully saturated rings. The molecule has 1 aliphatic rings. The highest BCUT2D eigenvalue weighted by molar-refractivity contribution is 6.05. The number of aromatic nitrogens is 1. The molecular formula is C23H19F2NO4. The summed E-state index contributed by atoms with van der Waals surface area (Å²) < 4.78 is 34.8. The number of para-hydroxylation sites is 1. The first kappa shape index (κ1) is 19.8. The Kier molecular flexibility index (Phi) is 5.35. The summed E-state index contributed by atoms with van der Waals surface area (Å²) in [4.78, 5) is 16.8. The normalized spacial score (nSPS) is 14.7. The van der Waals surface area contributed by atoms with Gasteiger partial charge in [-0.3, -0.25) is 0 Å². The van der Waals surface area contributed by atoms with Crippen LogP contribution >= 0.6 is 0 Å². The standard InChI is InChI=1S/C23H19F2NO4/c1-29-19-12-13(9-10-18(19)30-23(24)25)11-14-5-4-7-16-20(22(27)28)15-6-2-3-8-17(15)26-21(14)16/h2-3,6,8-12,23H,4-5,7H2,1H3,(H,27,28). The molecule has 0 bridgehead atoms. The Morgan fingerprint density at radius 1 is 1.17 bits per heavy atom. The first-order chi connectivity index (χ1) is 14.5. The van der Waals surface area contributed by atoms with Crippen molar-refractivity contribution in [1.29, 1.82) is 0 Å². The number of methoxy groups -OCH3 is 1. The first-order valence-corrected chi connectivity index (χ1v) is 9.46. The van der Waals surface area contributed by atoms with Crippen LogP contribution in [0.2, 0.25) is 0 Å². The highest BCUT2D eigenvalue weighted by Gasteiger charge is 2.24. The quantitative estimate of drug-likeness (QED) is 0.607. The Morgan fingerprint density at radius 3 is 2.70 bits per heavy atom. The Labute approximate surface area is 171 Å². The highest BCUT2D eigenvalue weighted by atomic mass is 19.3. The zero-order valence-corrected chi connectivity index (χ0v) is 16.2. The third-order valence-electron chi connectivity index (χ3n) is 5.13. The lowest BCUT2D eigenvalue weighted by Gasteiger charge is -2.21. The van der Waals surface area contributed by atoms with Crippen LogP contribution in [0, 0.1) is 0 Å². The number of allylic oxidation sites excluding steroid dienone is 1. The van der Waals surface area contributed by atoms with Gasteiger partial charge in [-0.05, 0) is 60.2 Å². The number of nitrogens with zero attached hydrogens (tertiary/aromatic N) is 1. The second kappa shape index (κ2) is 8.10. The summed E-state index contributed by atoms with van der Waals surface area (Å²) in [5.41, 5.74) is 3.93. The molecule has 1 heterocycles. The van der Waals surface area contributed by atoms with E-state index in [0.29, 0.717) is 28.6 Å². The number of hydrogen-bond acceptors (Lipinski definition) is 4. The third kappa shape index (κ3) is 3.70. The van der Waals surface area contributed by atoms with E-state index >= 15 is 0 Å². The number of halogens is 2. The van der Waals surface area contributed by atoms with Crippen molar-refractivity contribution >= 4 is 28.5 Å². The van der Waals surface area contributed by atoms with Crippen LogP contribution in [0.4, 0.5) is 8.78 Å². The summed E-state index contributed by atoms with van der Waals surface area (Å²) in [6.07, 6.45) is 4.05. The zero-order valence-electron chi connectivity index (χ0n) is 16.2. The van der Waals surface area contributed by atoms with E-state index in [1.54, 1.807) is 30.3 Å². The number of ether oxygens (including phenoxy) is 2. The third-order valence-corrected chi connectivity index (χ3v) is 5.13. The number of carboxylic acid groups (broad SMARTS) is 1. The van der Waals surface area contributed by atoms with Crippen LogP contribution in [0.15, 0.2) is 42.5 Å². The molecule has 2 aromatic carbocycles. The molecule has 0 saturated heterocycles. The van der Waals surface area contributed by atoms with E-state index < -0.39 is 12.6 Å². The van der Waals surface area contributed by atoms with Crippen molar-refractivity contribution in [2.24, 2.45) is 0 Å². The average Bonchev–Trinajstić information content (AvgIpc) is 2.72. The monoisotopic (exact) mass is 411 g/mol. The molecule has 0 spiro atoms. The molecule has 0 atom stereocenters. The molecule has 0 saturated carbocycles. The Bertz CT molecular complexity index is 1160. The number of aromatic carboxylic acids is 1. The van der Waals surface area contributed by atoms with Gasteiger partial charge in [0.15, 0.2) is 11.5 Å². The molecule has 30 heavy (non-hydrogen) atoms. The van der Waals surface area contributed by atoms with Gasteiger partial charge in [-0.15, -0.1) is 0 Å². The van der Waals surface area contributed by atoms with E-state index in [1.807, 2.05) is 12.1 Å². The molecule has 1 N–H and O–H groups in total. The van der Waals surface area contributed by atoms with Crippen LogP contribution in [0.5, 0.6) is 11.5 Å². The van der Waals surface area contributed by atoms with Gasteiger partial charge in [0.25, 0.3) is 0 Å². The zero-order chi connectivity index (χ0) is 21.3. The van der Waals surface area contributed by atoms with Gasteiger partial charge >= 0.3 is 12.6 Å². The van der Waals surface area contributed by atoms with Gasteiger partial charge in [-0.25, -0.2) is 9.78 Å². The molecule has 0 unspecified atom stereocenters. The second-order valence-corrected chi connectivity index (χ2v) is 6.95. The maximum atomic E-state index is 12.6. The number of carboxylic acids is 1. The fourth-order valence-electron chi connectivity index (χ4n) is 3.89. The topological polar surface area (TPSA) is 68.7 Å². The molecule has 4 rings (SSSR count). The Balaban J connectivity index is 1.84. The summed E-state index contributed by atoms with van der Waals surface area (Å²) >= 11 is 0. The van der Waals surface area contributed by atoms with Crippen molar-refractivity contribution in [3.63, 3.8) is 0 Å². The number of fused-ring (bicyclic) bond motifs is 2. The highest BCUT2D eigenvalue weighted by Crippen LogP contribution is 2.37. The van der Waals surface area contributed by atoms with Crippen molar-refractivity contribution < 1.29 is 28.2 Å². The summed E-state index contributed by atoms with van der Waals surface area (Å²) in [7, 11) is 1.38. The van der Waals surface area contributed by atoms with Crippen LogP contribution < -0.4 is 9.47 Å². The molecule has 5 nitrogen and oxygen atoms in total. The summed E-state index contributed by atoms with van der Waals surface area (Å²) in [6.45, 7) is -2.94. The minimum Gasteiger partial charge on any atom is -0.493 e. The van der Waals surface area contributed by atoms with Gasteiger partial charge in [0.1, 0.15) is 0 Å². The van der Waals surface area contributed by atoms with Gasteiger partial charge in [-0.2, -0.15) is 8.78 Å². The van der Waals surface area contributed by atoms with Crippen molar-refractivity contribution in [2.75, 3.05) is 7.11 Å². The number of rotatable bonds is 5. The number of benzene rings is 2. The van der Waals surface area contributed by atoms with Crippen LogP contribution in [-0.2, 0) is 6.42 Å². The molecule has 1 aromatic heterocycles. The van der Waals surface area contributed by atoms with Gasteiger partial charge in [0, 0.05) is 5.39 Å². The first-order valence-electron chi connectivity index (χ1n) is 9.46. The van der Waals surface area contributed by atoms with Crippen LogP contribution in [0.25, 0.3) is 22.6 Å². The van der Waals surface area contributed by atoms with Gasteiger partial charge in [-0.1, -0.05) is 24.3 Å². The maximum absolute atomic E-state index is 12.6. The largest absolute Gasteiger partial charge is 0.493 e. The molecular weight excluding hydrogens is 392 g/mol. The van der Waals surface area contributed by atoms with Crippen molar-refractivity contribution in [2.45, 2.75) is 25.9 Å². The lowest BCUT2D eigenvalue weighted by molar-refractivity contribution is -0.0512. The fourth-order valence-corrected chi connectivity index (χ4v) is 3.89. The van der Waals surface area contributed by atoms with Crippen molar-refractivity contribution in [3.05, 3.63) is 64.8 Å². The van der Waals surface area contributed by atoms with Crippen LogP contribution in [0.3, 0.4) is 0 Å². The number of alkyl halides is 2. The summed E-state index contributed by atoms with van der Waals surface area (Å²) in [6, 6.07) is 11.9. The van der Waals surface area contributed by atoms with Crippen molar-refractivity contribution in [3.8, 4) is 11.5 Å². The fraction of sp³-hybridized carbons (Fsp3) is 0.217. The second-order valence-electron chi connectivity index (χ2n) is 6.95. The predicted octanol–water partition coefficient (Wildman–Crippen LogP) is 5.42. The molecule has 3 aromatic rings. The van der Waals surface area contributed by atoms with Crippen LogP contribution in [0.1, 0.15) is 40.0 Å². The van der Waals surface area contributed by atoms with E-state index in [-0.39, 0.29) is 11.5 Å². The number of carbonyl (C=O) groups is 1. The number of pyridine rings is 1. The van der Waals surface area contributed by atoms with E-state index in [1.165, 1.54) is 13.2 Å².